The number of aryl methyl sites for hydroxylation is 1. The summed E-state index contributed by atoms with van der Waals surface area (Å²) in [6, 6.07) is 5.48. The highest BCUT2D eigenvalue weighted by atomic mass is 32.2. The molecular formula is C22H29N3O5S2. The zero-order valence-corrected chi connectivity index (χ0v) is 20.1. The molecule has 3 rings (SSSR count). The molecule has 3 aromatic rings. The molecule has 0 spiro atoms. The molecule has 10 heteroatoms. The van der Waals surface area contributed by atoms with E-state index in [0.717, 1.165) is 18.4 Å². The first-order valence-electron chi connectivity index (χ1n) is 10.7. The molecule has 1 aromatic carbocycles. The fourth-order valence-corrected chi connectivity index (χ4v) is 4.36. The van der Waals surface area contributed by atoms with Gasteiger partial charge in [0.1, 0.15) is 11.2 Å². The van der Waals surface area contributed by atoms with Crippen molar-refractivity contribution in [1.82, 2.24) is 14.1 Å². The molecule has 0 saturated carbocycles. The number of hydrogen-bond acceptors (Lipinski definition) is 6. The average Bonchev–Trinajstić information content (AvgIpc) is 3.26. The minimum atomic E-state index is -4.07. The highest BCUT2D eigenvalue weighted by Gasteiger charge is 2.18. The third kappa shape index (κ3) is 5.13. The Morgan fingerprint density at radius 1 is 1.25 bits per heavy atom. The molecular weight excluding hydrogens is 450 g/mol. The molecule has 2 aromatic heterocycles. The van der Waals surface area contributed by atoms with E-state index in [1.807, 2.05) is 23.6 Å². The second-order valence-electron chi connectivity index (χ2n) is 7.75. The van der Waals surface area contributed by atoms with E-state index in [1.165, 1.54) is 6.92 Å². The summed E-state index contributed by atoms with van der Waals surface area (Å²) in [5.74, 6) is 0.488. The first kappa shape index (κ1) is 24.2. The maximum atomic E-state index is 11.3. The molecule has 2 heterocycles. The molecule has 0 amide bonds. The summed E-state index contributed by atoms with van der Waals surface area (Å²) >= 11 is 5.52. The fraction of sp³-hybridized carbons (Fsp3) is 0.455. The van der Waals surface area contributed by atoms with Gasteiger partial charge in [-0.25, -0.2) is 4.98 Å². The number of fused-ring (bicyclic) bond motifs is 1. The zero-order valence-electron chi connectivity index (χ0n) is 18.5. The van der Waals surface area contributed by atoms with E-state index < -0.39 is 15.4 Å². The van der Waals surface area contributed by atoms with Crippen LogP contribution in [-0.2, 0) is 29.6 Å². The Balaban J connectivity index is 1.90. The van der Waals surface area contributed by atoms with E-state index in [-0.39, 0.29) is 12.3 Å². The summed E-state index contributed by atoms with van der Waals surface area (Å²) in [7, 11) is -4.07. The van der Waals surface area contributed by atoms with E-state index in [0.29, 0.717) is 47.0 Å². The predicted molar refractivity (Wildman–Crippen MR) is 128 cm³/mol. The Kier molecular flexibility index (Phi) is 7.58. The van der Waals surface area contributed by atoms with Gasteiger partial charge in [-0.2, -0.15) is 8.42 Å². The van der Waals surface area contributed by atoms with Gasteiger partial charge in [0.25, 0.3) is 10.1 Å². The smallest absolute Gasteiger partial charge is 0.267 e. The third-order valence-electron chi connectivity index (χ3n) is 5.52. The van der Waals surface area contributed by atoms with Gasteiger partial charge in [-0.1, -0.05) is 25.5 Å². The lowest BCUT2D eigenvalue weighted by atomic mass is 10.1. The Bertz CT molecular complexity index is 1280. The standard InChI is InChI=1S/C22H29N3O5S2/c1-4-6-14-25-21(26)17(24(5-2)22(25)31)12-13-19-23-20-16(8-7-9-18(20)30-19)11-10-15(3)32(27,28)29/h7-9,12-13,15,26H,4-6,10-11,14H2,1-3H3,(H,27,28,29). The Labute approximate surface area is 193 Å². The number of aromatic nitrogens is 3. The van der Waals surface area contributed by atoms with Crippen molar-refractivity contribution in [3.8, 4) is 5.88 Å². The minimum Gasteiger partial charge on any atom is -0.493 e. The third-order valence-corrected chi connectivity index (χ3v) is 7.21. The number of hydrogen-bond donors (Lipinski definition) is 2. The van der Waals surface area contributed by atoms with Crippen molar-refractivity contribution in [2.24, 2.45) is 0 Å². The monoisotopic (exact) mass is 479 g/mol. The molecule has 0 saturated heterocycles. The van der Waals surface area contributed by atoms with Crippen molar-refractivity contribution in [2.45, 2.75) is 64.8 Å². The van der Waals surface area contributed by atoms with Crippen molar-refractivity contribution in [2.75, 3.05) is 0 Å². The van der Waals surface area contributed by atoms with Crippen molar-refractivity contribution in [3.05, 3.63) is 40.1 Å². The second-order valence-corrected chi connectivity index (χ2v) is 9.95. The highest BCUT2D eigenvalue weighted by molar-refractivity contribution is 7.86. The lowest BCUT2D eigenvalue weighted by Gasteiger charge is -2.07. The van der Waals surface area contributed by atoms with Gasteiger partial charge in [0.2, 0.25) is 11.8 Å². The average molecular weight is 480 g/mol. The van der Waals surface area contributed by atoms with Crippen LogP contribution in [0.2, 0.25) is 0 Å². The summed E-state index contributed by atoms with van der Waals surface area (Å²) in [6.45, 7) is 6.80. The lowest BCUT2D eigenvalue weighted by Crippen LogP contribution is -2.17. The van der Waals surface area contributed by atoms with Crippen molar-refractivity contribution < 1.29 is 22.5 Å². The molecule has 32 heavy (non-hydrogen) atoms. The van der Waals surface area contributed by atoms with Gasteiger partial charge in [-0.05, 0) is 63.0 Å². The fourth-order valence-electron chi connectivity index (χ4n) is 3.54. The maximum absolute atomic E-state index is 11.3. The van der Waals surface area contributed by atoms with Crippen LogP contribution in [0.15, 0.2) is 22.6 Å². The van der Waals surface area contributed by atoms with Gasteiger partial charge in [0.15, 0.2) is 10.4 Å². The molecule has 0 bridgehead atoms. The van der Waals surface area contributed by atoms with Gasteiger partial charge in [-0.3, -0.25) is 9.12 Å². The van der Waals surface area contributed by atoms with Crippen molar-refractivity contribution >= 4 is 45.6 Å². The van der Waals surface area contributed by atoms with Crippen LogP contribution in [0.5, 0.6) is 5.88 Å². The molecule has 0 aliphatic heterocycles. The summed E-state index contributed by atoms with van der Waals surface area (Å²) in [5.41, 5.74) is 2.66. The van der Waals surface area contributed by atoms with Crippen LogP contribution in [0.3, 0.4) is 0 Å². The Morgan fingerprint density at radius 2 is 2.00 bits per heavy atom. The van der Waals surface area contributed by atoms with Crippen LogP contribution in [0.4, 0.5) is 0 Å². The molecule has 0 aliphatic carbocycles. The number of unbranched alkanes of at least 4 members (excludes halogenated alkanes) is 1. The summed E-state index contributed by atoms with van der Waals surface area (Å²) in [4.78, 5) is 4.54. The van der Waals surface area contributed by atoms with E-state index in [9.17, 15) is 18.1 Å². The number of imidazole rings is 1. The van der Waals surface area contributed by atoms with Crippen LogP contribution in [0.1, 0.15) is 57.2 Å². The van der Waals surface area contributed by atoms with Gasteiger partial charge in [0, 0.05) is 19.2 Å². The molecule has 1 unspecified atom stereocenters. The first-order chi connectivity index (χ1) is 15.2. The molecule has 0 aliphatic rings. The summed E-state index contributed by atoms with van der Waals surface area (Å²) < 4.78 is 41.8. The van der Waals surface area contributed by atoms with E-state index >= 15 is 0 Å². The van der Waals surface area contributed by atoms with Gasteiger partial charge >= 0.3 is 0 Å². The van der Waals surface area contributed by atoms with E-state index in [1.54, 1.807) is 22.8 Å². The summed E-state index contributed by atoms with van der Waals surface area (Å²) in [5, 5.41) is 9.84. The van der Waals surface area contributed by atoms with Crippen molar-refractivity contribution in [1.29, 1.82) is 0 Å². The number of para-hydroxylation sites is 1. The largest absolute Gasteiger partial charge is 0.493 e. The normalized spacial score (nSPS) is 13.4. The van der Waals surface area contributed by atoms with Crippen LogP contribution in [0.25, 0.3) is 23.3 Å². The molecule has 0 fully saturated rings. The number of benzene rings is 1. The van der Waals surface area contributed by atoms with Crippen molar-refractivity contribution in [3.63, 3.8) is 0 Å². The number of nitrogens with zero attached hydrogens (tertiary/aromatic N) is 3. The summed E-state index contributed by atoms with van der Waals surface area (Å²) in [6.07, 6.45) is 6.05. The van der Waals surface area contributed by atoms with E-state index in [4.69, 9.17) is 16.6 Å². The van der Waals surface area contributed by atoms with Crippen LogP contribution < -0.4 is 0 Å². The van der Waals surface area contributed by atoms with Crippen LogP contribution in [-0.4, -0.2) is 37.4 Å². The Morgan fingerprint density at radius 3 is 2.66 bits per heavy atom. The van der Waals surface area contributed by atoms with Crippen LogP contribution >= 0.6 is 12.2 Å². The van der Waals surface area contributed by atoms with Crippen LogP contribution in [0, 0.1) is 4.77 Å². The zero-order chi connectivity index (χ0) is 23.5. The first-order valence-corrected chi connectivity index (χ1v) is 12.6. The van der Waals surface area contributed by atoms with E-state index in [2.05, 4.69) is 11.9 Å². The highest BCUT2D eigenvalue weighted by Crippen LogP contribution is 2.26. The second kappa shape index (κ2) is 10.0. The lowest BCUT2D eigenvalue weighted by molar-refractivity contribution is 0.410. The number of oxazole rings is 1. The minimum absolute atomic E-state index is 0.123. The molecule has 1 atom stereocenters. The number of aromatic hydroxyl groups is 1. The number of rotatable bonds is 10. The topological polar surface area (TPSA) is 110 Å². The molecule has 174 valence electrons. The van der Waals surface area contributed by atoms with Gasteiger partial charge < -0.3 is 14.1 Å². The molecule has 8 nitrogen and oxygen atoms in total. The molecule has 0 radical (unpaired) electrons. The molecule has 2 N–H and O–H groups in total. The SMILES string of the molecule is CCCCn1c(O)c(C=Cc2nc3c(CCC(C)S(=O)(=O)O)cccc3o2)n(CC)c1=S. The maximum Gasteiger partial charge on any atom is 0.267 e. The van der Waals surface area contributed by atoms with Gasteiger partial charge in [0.05, 0.1) is 5.25 Å². The van der Waals surface area contributed by atoms with Gasteiger partial charge in [-0.15, -0.1) is 0 Å². The predicted octanol–water partition coefficient (Wildman–Crippen LogP) is 5.07. The Hall–Kier alpha value is -2.43. The quantitative estimate of drug-likeness (QED) is 0.309.